The lowest BCUT2D eigenvalue weighted by atomic mass is 10.3. The number of thiophene rings is 1. The second kappa shape index (κ2) is 4.37. The summed E-state index contributed by atoms with van der Waals surface area (Å²) in [6.45, 7) is 0.348. The number of H-pyrrole nitrogens is 1. The molecule has 0 radical (unpaired) electrons. The fraction of sp³-hybridized carbons (Fsp3) is 0.200. The average molecular weight is 222 g/mol. The normalized spacial score (nSPS) is 10.5. The van der Waals surface area contributed by atoms with Crippen molar-refractivity contribution in [1.29, 1.82) is 0 Å². The van der Waals surface area contributed by atoms with Crippen molar-refractivity contribution in [3.8, 4) is 11.4 Å². The highest BCUT2D eigenvalue weighted by molar-refractivity contribution is 7.08. The zero-order chi connectivity index (χ0) is 10.7. The smallest absolute Gasteiger partial charge is 0.251 e. The Balaban J connectivity index is 2.44. The lowest BCUT2D eigenvalue weighted by Crippen LogP contribution is -2.10. The zero-order valence-electron chi connectivity index (χ0n) is 8.19. The highest BCUT2D eigenvalue weighted by Gasteiger charge is 2.03. The summed E-state index contributed by atoms with van der Waals surface area (Å²) in [5.41, 5.74) is 1.41. The highest BCUT2D eigenvalue weighted by Crippen LogP contribution is 2.16. The minimum Gasteiger partial charge on any atom is -0.378 e. The first kappa shape index (κ1) is 10.1. The molecule has 5 heteroatoms. The first-order valence-electron chi connectivity index (χ1n) is 4.41. The SMILES string of the molecule is COCc1cc(=O)[nH]c(-c2ccsc2)n1. The number of nitrogens with one attached hydrogen (secondary N) is 1. The minimum atomic E-state index is -0.154. The Morgan fingerprint density at radius 2 is 2.47 bits per heavy atom. The van der Waals surface area contributed by atoms with Crippen molar-refractivity contribution in [3.63, 3.8) is 0 Å². The number of aromatic amines is 1. The maximum Gasteiger partial charge on any atom is 0.251 e. The maximum atomic E-state index is 11.3. The first-order chi connectivity index (χ1) is 7.29. The second-order valence-electron chi connectivity index (χ2n) is 3.03. The first-order valence-corrected chi connectivity index (χ1v) is 5.35. The van der Waals surface area contributed by atoms with Gasteiger partial charge in [0.1, 0.15) is 5.82 Å². The van der Waals surface area contributed by atoms with Gasteiger partial charge in [0.15, 0.2) is 0 Å². The summed E-state index contributed by atoms with van der Waals surface area (Å²) in [5.74, 6) is 0.593. The maximum absolute atomic E-state index is 11.3. The molecule has 0 aliphatic carbocycles. The number of hydrogen-bond acceptors (Lipinski definition) is 4. The molecule has 0 aliphatic rings. The van der Waals surface area contributed by atoms with Crippen molar-refractivity contribution in [2.24, 2.45) is 0 Å². The third-order valence-corrected chi connectivity index (χ3v) is 2.56. The Kier molecular flexibility index (Phi) is 2.94. The molecule has 2 aromatic rings. The van der Waals surface area contributed by atoms with E-state index in [0.717, 1.165) is 5.56 Å². The second-order valence-corrected chi connectivity index (χ2v) is 3.81. The van der Waals surface area contributed by atoms with Gasteiger partial charge >= 0.3 is 0 Å². The van der Waals surface area contributed by atoms with Crippen LogP contribution in [0.15, 0.2) is 27.7 Å². The van der Waals surface area contributed by atoms with Crippen LogP contribution < -0.4 is 5.56 Å². The van der Waals surface area contributed by atoms with E-state index < -0.39 is 0 Å². The van der Waals surface area contributed by atoms with Crippen LogP contribution >= 0.6 is 11.3 Å². The number of methoxy groups -OCH3 is 1. The van der Waals surface area contributed by atoms with Crippen molar-refractivity contribution in [3.05, 3.63) is 38.9 Å². The molecule has 15 heavy (non-hydrogen) atoms. The van der Waals surface area contributed by atoms with Crippen LogP contribution in [-0.4, -0.2) is 17.1 Å². The molecule has 0 amide bonds. The lowest BCUT2D eigenvalue weighted by molar-refractivity contribution is 0.181. The lowest BCUT2D eigenvalue weighted by Gasteiger charge is -2.01. The third kappa shape index (κ3) is 2.31. The van der Waals surface area contributed by atoms with Crippen LogP contribution in [0.25, 0.3) is 11.4 Å². The van der Waals surface area contributed by atoms with E-state index in [2.05, 4.69) is 9.97 Å². The van der Waals surface area contributed by atoms with E-state index in [9.17, 15) is 4.79 Å². The van der Waals surface area contributed by atoms with Crippen LogP contribution in [0.3, 0.4) is 0 Å². The fourth-order valence-electron chi connectivity index (χ4n) is 1.27. The molecule has 78 valence electrons. The van der Waals surface area contributed by atoms with Gasteiger partial charge in [-0.15, -0.1) is 0 Å². The molecule has 1 N–H and O–H groups in total. The average Bonchev–Trinajstić information content (AvgIpc) is 2.70. The molecule has 0 unspecified atom stereocenters. The summed E-state index contributed by atoms with van der Waals surface area (Å²) in [5, 5.41) is 3.88. The Labute approximate surface area is 90.6 Å². The Hall–Kier alpha value is -1.46. The summed E-state index contributed by atoms with van der Waals surface area (Å²) in [7, 11) is 1.58. The predicted octanol–water partition coefficient (Wildman–Crippen LogP) is 1.64. The van der Waals surface area contributed by atoms with Crippen LogP contribution in [0, 0.1) is 0 Å². The zero-order valence-corrected chi connectivity index (χ0v) is 9.00. The van der Waals surface area contributed by atoms with Gasteiger partial charge in [0.2, 0.25) is 0 Å². The van der Waals surface area contributed by atoms with Crippen molar-refractivity contribution < 1.29 is 4.74 Å². The van der Waals surface area contributed by atoms with Crippen LogP contribution in [0.4, 0.5) is 0 Å². The van der Waals surface area contributed by atoms with Crippen LogP contribution in [0.2, 0.25) is 0 Å². The molecule has 0 fully saturated rings. The van der Waals surface area contributed by atoms with Crippen molar-refractivity contribution >= 4 is 11.3 Å². The number of hydrogen-bond donors (Lipinski definition) is 1. The van der Waals surface area contributed by atoms with Gasteiger partial charge < -0.3 is 9.72 Å². The van der Waals surface area contributed by atoms with E-state index in [0.29, 0.717) is 18.1 Å². The van der Waals surface area contributed by atoms with Crippen molar-refractivity contribution in [2.45, 2.75) is 6.61 Å². The van der Waals surface area contributed by atoms with Gasteiger partial charge in [-0.25, -0.2) is 4.98 Å². The van der Waals surface area contributed by atoms with Gasteiger partial charge in [-0.3, -0.25) is 4.79 Å². The van der Waals surface area contributed by atoms with Gasteiger partial charge in [-0.05, 0) is 11.4 Å². The molecule has 0 atom stereocenters. The molecule has 0 saturated carbocycles. The van der Waals surface area contributed by atoms with E-state index in [4.69, 9.17) is 4.74 Å². The van der Waals surface area contributed by atoms with Gasteiger partial charge in [0.25, 0.3) is 5.56 Å². The van der Waals surface area contributed by atoms with Gasteiger partial charge in [-0.1, -0.05) is 0 Å². The molecule has 2 rings (SSSR count). The Morgan fingerprint density at radius 3 is 3.13 bits per heavy atom. The van der Waals surface area contributed by atoms with Crippen LogP contribution in [0.1, 0.15) is 5.69 Å². The van der Waals surface area contributed by atoms with Crippen molar-refractivity contribution in [2.75, 3.05) is 7.11 Å². The summed E-state index contributed by atoms with van der Waals surface area (Å²) in [4.78, 5) is 18.3. The van der Waals surface area contributed by atoms with Gasteiger partial charge in [0, 0.05) is 24.1 Å². The van der Waals surface area contributed by atoms with Crippen molar-refractivity contribution in [1.82, 2.24) is 9.97 Å². The van der Waals surface area contributed by atoms with E-state index in [1.807, 2.05) is 16.8 Å². The molecule has 2 heterocycles. The molecular formula is C10H10N2O2S. The fourth-order valence-corrected chi connectivity index (χ4v) is 1.91. The largest absolute Gasteiger partial charge is 0.378 e. The standard InChI is InChI=1S/C10H10N2O2S/c1-14-5-8-4-9(13)12-10(11-8)7-2-3-15-6-7/h2-4,6H,5H2,1H3,(H,11,12,13). The molecule has 0 spiro atoms. The molecular weight excluding hydrogens is 212 g/mol. The van der Waals surface area contributed by atoms with Gasteiger partial charge in [0.05, 0.1) is 12.3 Å². The minimum absolute atomic E-state index is 0.154. The van der Waals surface area contributed by atoms with Crippen LogP contribution in [-0.2, 0) is 11.3 Å². The molecule has 0 saturated heterocycles. The van der Waals surface area contributed by atoms with E-state index in [1.54, 1.807) is 18.4 Å². The van der Waals surface area contributed by atoms with Gasteiger partial charge in [-0.2, -0.15) is 11.3 Å². The summed E-state index contributed by atoms with van der Waals surface area (Å²) >= 11 is 1.57. The Bertz CT molecular complexity index is 490. The van der Waals surface area contributed by atoms with E-state index in [1.165, 1.54) is 6.07 Å². The quantitative estimate of drug-likeness (QED) is 0.859. The number of rotatable bonds is 3. The van der Waals surface area contributed by atoms with E-state index >= 15 is 0 Å². The topological polar surface area (TPSA) is 55.0 Å². The van der Waals surface area contributed by atoms with E-state index in [-0.39, 0.29) is 5.56 Å². The number of nitrogens with zero attached hydrogens (tertiary/aromatic N) is 1. The monoisotopic (exact) mass is 222 g/mol. The molecule has 0 bridgehead atoms. The third-order valence-electron chi connectivity index (χ3n) is 1.88. The molecule has 2 aromatic heterocycles. The predicted molar refractivity (Wildman–Crippen MR) is 58.9 cm³/mol. The number of aromatic nitrogens is 2. The molecule has 0 aliphatic heterocycles. The molecule has 0 aromatic carbocycles. The summed E-state index contributed by atoms with van der Waals surface area (Å²) < 4.78 is 4.94. The molecule has 4 nitrogen and oxygen atoms in total. The number of ether oxygens (including phenoxy) is 1. The summed E-state index contributed by atoms with van der Waals surface area (Å²) in [6.07, 6.45) is 0. The summed E-state index contributed by atoms with van der Waals surface area (Å²) in [6, 6.07) is 3.36. The highest BCUT2D eigenvalue weighted by atomic mass is 32.1. The van der Waals surface area contributed by atoms with Crippen LogP contribution in [0.5, 0.6) is 0 Å². The Morgan fingerprint density at radius 1 is 1.60 bits per heavy atom.